The lowest BCUT2D eigenvalue weighted by Crippen LogP contribution is -2.25. The second-order valence-electron chi connectivity index (χ2n) is 7.01. The Morgan fingerprint density at radius 3 is 2.61 bits per heavy atom. The van der Waals surface area contributed by atoms with E-state index in [9.17, 15) is 9.59 Å². The first-order valence-corrected chi connectivity index (χ1v) is 10.6. The van der Waals surface area contributed by atoms with Crippen molar-refractivity contribution >= 4 is 40.0 Å². The number of nitrogens with one attached hydrogen (secondary N) is 2. The van der Waals surface area contributed by atoms with Crippen LogP contribution in [0.3, 0.4) is 0 Å². The Labute approximate surface area is 168 Å². The van der Waals surface area contributed by atoms with E-state index in [1.54, 1.807) is 36.0 Å². The molecule has 0 aromatic heterocycles. The van der Waals surface area contributed by atoms with Crippen molar-refractivity contribution < 1.29 is 9.59 Å². The summed E-state index contributed by atoms with van der Waals surface area (Å²) in [6.45, 7) is 0. The summed E-state index contributed by atoms with van der Waals surface area (Å²) in [6, 6.07) is 22.0. The number of hydrogen-bond donors (Lipinski definition) is 2. The van der Waals surface area contributed by atoms with Gasteiger partial charge in [0.1, 0.15) is 0 Å². The lowest BCUT2D eigenvalue weighted by molar-refractivity contribution is -0.113. The first-order chi connectivity index (χ1) is 13.7. The molecule has 0 saturated heterocycles. The zero-order valence-electron chi connectivity index (χ0n) is 15.5. The van der Waals surface area contributed by atoms with E-state index in [0.717, 1.165) is 18.6 Å². The summed E-state index contributed by atoms with van der Waals surface area (Å²) in [4.78, 5) is 24.4. The molecule has 3 aromatic rings. The van der Waals surface area contributed by atoms with E-state index < -0.39 is 0 Å². The molecule has 1 fully saturated rings. The molecule has 0 heterocycles. The van der Waals surface area contributed by atoms with Gasteiger partial charge in [-0.1, -0.05) is 48.5 Å². The third kappa shape index (κ3) is 4.73. The summed E-state index contributed by atoms with van der Waals surface area (Å²) in [5, 5.41) is 8.29. The van der Waals surface area contributed by atoms with Crippen LogP contribution >= 0.6 is 11.8 Å². The number of thioether (sulfide) groups is 1. The fraction of sp³-hybridized carbons (Fsp3) is 0.217. The molecule has 0 bridgehead atoms. The second kappa shape index (κ2) is 8.48. The van der Waals surface area contributed by atoms with Crippen molar-refractivity contribution in [2.75, 3.05) is 11.1 Å². The van der Waals surface area contributed by atoms with Crippen molar-refractivity contribution in [3.05, 3.63) is 77.9 Å². The number of rotatable bonds is 7. The quantitative estimate of drug-likeness (QED) is 0.620. The van der Waals surface area contributed by atoms with E-state index in [2.05, 4.69) is 41.0 Å². The fourth-order valence-corrected chi connectivity index (χ4v) is 3.93. The summed E-state index contributed by atoms with van der Waals surface area (Å²) in [7, 11) is 0. The van der Waals surface area contributed by atoms with E-state index in [4.69, 9.17) is 0 Å². The molecule has 0 radical (unpaired) electrons. The number of anilines is 1. The van der Waals surface area contributed by atoms with Crippen LogP contribution in [0.1, 0.15) is 28.8 Å². The van der Waals surface area contributed by atoms with Gasteiger partial charge in [-0.25, -0.2) is 0 Å². The highest BCUT2D eigenvalue weighted by molar-refractivity contribution is 7.99. The molecule has 2 amide bonds. The molecule has 3 aromatic carbocycles. The predicted octanol–water partition coefficient (Wildman–Crippen LogP) is 4.60. The Kier molecular flexibility index (Phi) is 5.63. The van der Waals surface area contributed by atoms with Crippen LogP contribution in [-0.2, 0) is 10.5 Å². The minimum Gasteiger partial charge on any atom is -0.349 e. The first-order valence-electron chi connectivity index (χ1n) is 9.44. The summed E-state index contributed by atoms with van der Waals surface area (Å²) < 4.78 is 0. The number of fused-ring (bicyclic) bond motifs is 1. The van der Waals surface area contributed by atoms with Crippen molar-refractivity contribution in [2.45, 2.75) is 24.6 Å². The van der Waals surface area contributed by atoms with Gasteiger partial charge in [0.15, 0.2) is 0 Å². The molecule has 1 aliphatic carbocycles. The Hall–Kier alpha value is -2.79. The normalized spacial score (nSPS) is 13.3. The topological polar surface area (TPSA) is 58.2 Å². The van der Waals surface area contributed by atoms with E-state index in [-0.39, 0.29) is 11.8 Å². The SMILES string of the molecule is O=C(CSCc1cccc2ccccc12)Nc1cccc(C(=O)NC2CC2)c1. The molecule has 142 valence electrons. The van der Waals surface area contributed by atoms with Crippen molar-refractivity contribution in [3.8, 4) is 0 Å². The van der Waals surface area contributed by atoms with Gasteiger partial charge in [-0.15, -0.1) is 11.8 Å². The van der Waals surface area contributed by atoms with Gasteiger partial charge in [-0.05, 0) is 47.4 Å². The van der Waals surface area contributed by atoms with Crippen LogP contribution in [0.2, 0.25) is 0 Å². The number of hydrogen-bond acceptors (Lipinski definition) is 3. The first kappa shape index (κ1) is 18.6. The Morgan fingerprint density at radius 2 is 1.75 bits per heavy atom. The van der Waals surface area contributed by atoms with Crippen LogP contribution in [0.5, 0.6) is 0 Å². The molecule has 4 rings (SSSR count). The largest absolute Gasteiger partial charge is 0.349 e. The van der Waals surface area contributed by atoms with Gasteiger partial charge in [-0.2, -0.15) is 0 Å². The minimum absolute atomic E-state index is 0.0648. The van der Waals surface area contributed by atoms with E-state index in [1.807, 2.05) is 12.1 Å². The Bertz CT molecular complexity index is 1010. The second-order valence-corrected chi connectivity index (χ2v) is 7.99. The summed E-state index contributed by atoms with van der Waals surface area (Å²) in [5.74, 6) is 0.995. The minimum atomic E-state index is -0.0797. The molecular formula is C23H22N2O2S. The van der Waals surface area contributed by atoms with E-state index in [1.165, 1.54) is 16.3 Å². The number of benzene rings is 3. The van der Waals surface area contributed by atoms with Gasteiger partial charge in [0.05, 0.1) is 5.75 Å². The molecular weight excluding hydrogens is 368 g/mol. The highest BCUT2D eigenvalue weighted by Gasteiger charge is 2.23. The molecule has 5 heteroatoms. The van der Waals surface area contributed by atoms with E-state index in [0.29, 0.717) is 23.0 Å². The summed E-state index contributed by atoms with van der Waals surface area (Å²) in [5.41, 5.74) is 2.46. The van der Waals surface area contributed by atoms with Crippen molar-refractivity contribution in [3.63, 3.8) is 0 Å². The van der Waals surface area contributed by atoms with Crippen LogP contribution in [0.25, 0.3) is 10.8 Å². The average molecular weight is 391 g/mol. The fourth-order valence-electron chi connectivity index (χ4n) is 3.10. The maximum absolute atomic E-state index is 12.3. The molecule has 0 unspecified atom stereocenters. The Morgan fingerprint density at radius 1 is 0.964 bits per heavy atom. The van der Waals surface area contributed by atoms with Crippen LogP contribution in [0, 0.1) is 0 Å². The van der Waals surface area contributed by atoms with Crippen LogP contribution in [0.4, 0.5) is 5.69 Å². The number of carbonyl (C=O) groups is 2. The van der Waals surface area contributed by atoms with Gasteiger partial charge < -0.3 is 10.6 Å². The van der Waals surface area contributed by atoms with Crippen molar-refractivity contribution in [1.29, 1.82) is 0 Å². The Balaban J connectivity index is 1.31. The zero-order valence-corrected chi connectivity index (χ0v) is 16.3. The lowest BCUT2D eigenvalue weighted by Gasteiger charge is -2.09. The highest BCUT2D eigenvalue weighted by Crippen LogP contribution is 2.23. The van der Waals surface area contributed by atoms with Gasteiger partial charge in [-0.3, -0.25) is 9.59 Å². The highest BCUT2D eigenvalue weighted by atomic mass is 32.2. The molecule has 0 aliphatic heterocycles. The molecule has 1 aliphatic rings. The maximum Gasteiger partial charge on any atom is 0.251 e. The molecule has 1 saturated carbocycles. The third-order valence-corrected chi connectivity index (χ3v) is 5.67. The van der Waals surface area contributed by atoms with Crippen molar-refractivity contribution in [1.82, 2.24) is 5.32 Å². The van der Waals surface area contributed by atoms with Gasteiger partial charge in [0, 0.05) is 23.0 Å². The standard InChI is InChI=1S/C23H22N2O2S/c26-22(15-28-14-18-8-3-6-16-5-1-2-10-21(16)18)24-20-9-4-7-17(13-20)23(27)25-19-11-12-19/h1-10,13,19H,11-12,14-15H2,(H,24,26)(H,25,27). The molecule has 0 spiro atoms. The van der Waals surface area contributed by atoms with Gasteiger partial charge in [0.25, 0.3) is 5.91 Å². The maximum atomic E-state index is 12.3. The monoisotopic (exact) mass is 390 g/mol. The molecule has 4 nitrogen and oxygen atoms in total. The lowest BCUT2D eigenvalue weighted by atomic mass is 10.1. The smallest absolute Gasteiger partial charge is 0.251 e. The number of carbonyl (C=O) groups excluding carboxylic acids is 2. The summed E-state index contributed by atoms with van der Waals surface area (Å²) >= 11 is 1.58. The molecule has 2 N–H and O–H groups in total. The average Bonchev–Trinajstić information content (AvgIpc) is 3.52. The third-order valence-electron chi connectivity index (χ3n) is 4.69. The van der Waals surface area contributed by atoms with Crippen LogP contribution < -0.4 is 10.6 Å². The van der Waals surface area contributed by atoms with Crippen LogP contribution in [0.15, 0.2) is 66.7 Å². The molecule has 0 atom stereocenters. The van der Waals surface area contributed by atoms with Gasteiger partial charge in [0.2, 0.25) is 5.91 Å². The summed E-state index contributed by atoms with van der Waals surface area (Å²) in [6.07, 6.45) is 2.10. The molecule has 28 heavy (non-hydrogen) atoms. The van der Waals surface area contributed by atoms with Crippen LogP contribution in [-0.4, -0.2) is 23.6 Å². The van der Waals surface area contributed by atoms with E-state index >= 15 is 0 Å². The predicted molar refractivity (Wildman–Crippen MR) is 116 cm³/mol. The van der Waals surface area contributed by atoms with Crippen molar-refractivity contribution in [2.24, 2.45) is 0 Å². The van der Waals surface area contributed by atoms with Gasteiger partial charge >= 0.3 is 0 Å². The zero-order chi connectivity index (χ0) is 19.3. The number of amides is 2.